The lowest BCUT2D eigenvalue weighted by molar-refractivity contribution is 0.0827. The summed E-state index contributed by atoms with van der Waals surface area (Å²) in [6.07, 6.45) is -0.256. The molecule has 0 aliphatic rings. The zero-order valence-electron chi connectivity index (χ0n) is 13.4. The Labute approximate surface area is 143 Å². The quantitative estimate of drug-likeness (QED) is 0.745. The van der Waals surface area contributed by atoms with Crippen LogP contribution in [0.2, 0.25) is 0 Å². The predicted molar refractivity (Wildman–Crippen MR) is 92.5 cm³/mol. The fraction of sp³-hybridized carbons (Fsp3) is 0.235. The maximum Gasteiger partial charge on any atom is 0.251 e. The van der Waals surface area contributed by atoms with Crippen LogP contribution in [0.15, 0.2) is 42.5 Å². The lowest BCUT2D eigenvalue weighted by atomic mass is 10.1. The zero-order chi connectivity index (χ0) is 16.9. The Hall–Kier alpha value is -2.51. The van der Waals surface area contributed by atoms with E-state index in [1.54, 1.807) is 32.4 Å². The van der Waals surface area contributed by atoms with E-state index in [0.29, 0.717) is 12.1 Å². The van der Waals surface area contributed by atoms with Crippen LogP contribution in [0.1, 0.15) is 22.0 Å². The Morgan fingerprint density at radius 2 is 2.00 bits per heavy atom. The van der Waals surface area contributed by atoms with Crippen molar-refractivity contribution in [3.8, 4) is 5.75 Å². The van der Waals surface area contributed by atoms with Gasteiger partial charge in [0.05, 0.1) is 24.9 Å². The molecule has 1 N–H and O–H groups in total. The van der Waals surface area contributed by atoms with Crippen molar-refractivity contribution in [1.29, 1.82) is 0 Å². The van der Waals surface area contributed by atoms with E-state index in [-0.39, 0.29) is 12.0 Å². The smallest absolute Gasteiger partial charge is 0.251 e. The minimum absolute atomic E-state index is 0.171. The molecule has 0 aliphatic heterocycles. The number of rotatable bonds is 6. The van der Waals surface area contributed by atoms with E-state index in [2.05, 4.69) is 14.1 Å². The van der Waals surface area contributed by atoms with Crippen molar-refractivity contribution in [2.24, 2.45) is 0 Å². The van der Waals surface area contributed by atoms with Gasteiger partial charge in [-0.05, 0) is 35.9 Å². The number of benzene rings is 2. The van der Waals surface area contributed by atoms with Gasteiger partial charge in [-0.25, -0.2) is 0 Å². The van der Waals surface area contributed by atoms with E-state index in [0.717, 1.165) is 34.1 Å². The first kappa shape index (κ1) is 16.4. The number of nitrogens with one attached hydrogen (secondary N) is 1. The highest BCUT2D eigenvalue weighted by Crippen LogP contribution is 2.21. The van der Waals surface area contributed by atoms with Gasteiger partial charge in [-0.3, -0.25) is 4.79 Å². The Bertz CT molecular complexity index is 850. The van der Waals surface area contributed by atoms with Crippen LogP contribution >= 0.6 is 11.7 Å². The van der Waals surface area contributed by atoms with Crippen LogP contribution in [0.25, 0.3) is 11.0 Å². The van der Waals surface area contributed by atoms with E-state index in [9.17, 15) is 4.79 Å². The van der Waals surface area contributed by atoms with Crippen LogP contribution in [-0.4, -0.2) is 35.4 Å². The summed E-state index contributed by atoms with van der Waals surface area (Å²) in [6.45, 7) is 0.357. The van der Waals surface area contributed by atoms with Gasteiger partial charge in [-0.1, -0.05) is 12.1 Å². The maximum absolute atomic E-state index is 12.3. The van der Waals surface area contributed by atoms with Gasteiger partial charge in [-0.15, -0.1) is 0 Å². The number of hydrogen-bond donors (Lipinski definition) is 1. The van der Waals surface area contributed by atoms with Crippen LogP contribution < -0.4 is 10.1 Å². The van der Waals surface area contributed by atoms with Gasteiger partial charge in [0.2, 0.25) is 0 Å². The van der Waals surface area contributed by atoms with Gasteiger partial charge < -0.3 is 14.8 Å². The SMILES string of the molecule is COc1cccc(C(CNC(=O)c2ccc3nsnc3c2)OC)c1. The van der Waals surface area contributed by atoms with Crippen molar-refractivity contribution in [2.45, 2.75) is 6.10 Å². The molecule has 1 unspecified atom stereocenters. The highest BCUT2D eigenvalue weighted by Gasteiger charge is 2.14. The highest BCUT2D eigenvalue weighted by atomic mass is 32.1. The number of ether oxygens (including phenoxy) is 2. The third-order valence-electron chi connectivity index (χ3n) is 3.71. The predicted octanol–water partition coefficient (Wildman–Crippen LogP) is 2.82. The summed E-state index contributed by atoms with van der Waals surface area (Å²) < 4.78 is 19.0. The molecule has 1 atom stereocenters. The number of amides is 1. The van der Waals surface area contributed by atoms with E-state index in [4.69, 9.17) is 9.47 Å². The van der Waals surface area contributed by atoms with Crippen LogP contribution in [0, 0.1) is 0 Å². The normalized spacial score (nSPS) is 12.1. The van der Waals surface area contributed by atoms with Crippen LogP contribution in [0.4, 0.5) is 0 Å². The number of carbonyl (C=O) groups excluding carboxylic acids is 1. The molecule has 6 nitrogen and oxygen atoms in total. The Balaban J connectivity index is 1.69. The minimum Gasteiger partial charge on any atom is -0.497 e. The second-order valence-corrected chi connectivity index (χ2v) is 5.71. The van der Waals surface area contributed by atoms with Crippen molar-refractivity contribution < 1.29 is 14.3 Å². The van der Waals surface area contributed by atoms with E-state index in [1.807, 2.05) is 24.3 Å². The number of fused-ring (bicyclic) bond motifs is 1. The lowest BCUT2D eigenvalue weighted by Gasteiger charge is -2.17. The molecular formula is C17H17N3O3S. The summed E-state index contributed by atoms with van der Waals surface area (Å²) >= 11 is 1.13. The molecule has 3 rings (SSSR count). The van der Waals surface area contributed by atoms with Gasteiger partial charge in [0.15, 0.2) is 0 Å². The number of hydrogen-bond acceptors (Lipinski definition) is 6. The molecule has 1 amide bonds. The number of nitrogens with zero attached hydrogens (tertiary/aromatic N) is 2. The van der Waals surface area contributed by atoms with Crippen molar-refractivity contribution in [2.75, 3.05) is 20.8 Å². The topological polar surface area (TPSA) is 73.3 Å². The van der Waals surface area contributed by atoms with E-state index >= 15 is 0 Å². The molecule has 1 aromatic heterocycles. The van der Waals surface area contributed by atoms with E-state index < -0.39 is 0 Å². The van der Waals surface area contributed by atoms with Gasteiger partial charge >= 0.3 is 0 Å². The second kappa shape index (κ2) is 7.37. The summed E-state index contributed by atoms with van der Waals surface area (Å²) in [5, 5.41) is 2.89. The molecule has 7 heteroatoms. The number of methoxy groups -OCH3 is 2. The summed E-state index contributed by atoms with van der Waals surface area (Å²) in [5.41, 5.74) is 3.01. The van der Waals surface area contributed by atoms with Gasteiger partial charge in [0.25, 0.3) is 5.91 Å². The third kappa shape index (κ3) is 3.52. The molecule has 0 saturated heterocycles. The molecule has 0 radical (unpaired) electrons. The molecule has 0 aliphatic carbocycles. The fourth-order valence-corrected chi connectivity index (χ4v) is 2.91. The molecular weight excluding hydrogens is 326 g/mol. The van der Waals surface area contributed by atoms with Crippen molar-refractivity contribution >= 4 is 28.7 Å². The summed E-state index contributed by atoms with van der Waals surface area (Å²) in [7, 11) is 3.23. The lowest BCUT2D eigenvalue weighted by Crippen LogP contribution is -2.29. The molecule has 0 bridgehead atoms. The highest BCUT2D eigenvalue weighted by molar-refractivity contribution is 7.00. The maximum atomic E-state index is 12.3. The summed E-state index contributed by atoms with van der Waals surface area (Å²) in [4.78, 5) is 12.3. The molecule has 3 aromatic rings. The van der Waals surface area contributed by atoms with Crippen LogP contribution in [-0.2, 0) is 4.74 Å². The van der Waals surface area contributed by atoms with Gasteiger partial charge in [-0.2, -0.15) is 8.75 Å². The van der Waals surface area contributed by atoms with Crippen LogP contribution in [0.3, 0.4) is 0 Å². The second-order valence-electron chi connectivity index (χ2n) is 5.18. The fourth-order valence-electron chi connectivity index (χ4n) is 2.39. The van der Waals surface area contributed by atoms with Gasteiger partial charge in [0, 0.05) is 19.2 Å². The molecule has 0 saturated carbocycles. The monoisotopic (exact) mass is 343 g/mol. The molecule has 2 aromatic carbocycles. The average Bonchev–Trinajstić information content (AvgIpc) is 3.10. The number of aromatic nitrogens is 2. The van der Waals surface area contributed by atoms with Crippen molar-refractivity contribution in [3.63, 3.8) is 0 Å². The number of carbonyl (C=O) groups is 1. The summed E-state index contributed by atoms with van der Waals surface area (Å²) in [5.74, 6) is 0.581. The summed E-state index contributed by atoms with van der Waals surface area (Å²) in [6, 6.07) is 12.9. The first-order valence-corrected chi connectivity index (χ1v) is 8.11. The standard InChI is InChI=1S/C17H17N3O3S/c1-22-13-5-3-4-11(8-13)16(23-2)10-18-17(21)12-6-7-14-15(9-12)20-24-19-14/h3-9,16H,10H2,1-2H3,(H,18,21). The molecule has 24 heavy (non-hydrogen) atoms. The van der Waals surface area contributed by atoms with Gasteiger partial charge in [0.1, 0.15) is 16.8 Å². The first-order valence-electron chi connectivity index (χ1n) is 7.38. The zero-order valence-corrected chi connectivity index (χ0v) is 14.2. The third-order valence-corrected chi connectivity index (χ3v) is 4.27. The minimum atomic E-state index is -0.256. The van der Waals surface area contributed by atoms with Crippen molar-refractivity contribution in [1.82, 2.24) is 14.1 Å². The Kier molecular flexibility index (Phi) is 5.02. The molecule has 0 fully saturated rings. The Morgan fingerprint density at radius 3 is 2.79 bits per heavy atom. The largest absolute Gasteiger partial charge is 0.497 e. The molecule has 1 heterocycles. The van der Waals surface area contributed by atoms with Crippen LogP contribution in [0.5, 0.6) is 5.75 Å². The molecule has 124 valence electrons. The first-order chi connectivity index (χ1) is 11.7. The van der Waals surface area contributed by atoms with Crippen molar-refractivity contribution in [3.05, 3.63) is 53.6 Å². The average molecular weight is 343 g/mol. The van der Waals surface area contributed by atoms with E-state index in [1.165, 1.54) is 0 Å². The Morgan fingerprint density at radius 1 is 1.17 bits per heavy atom. The molecule has 0 spiro atoms.